The van der Waals surface area contributed by atoms with Crippen molar-refractivity contribution in [2.45, 2.75) is 69.6 Å². The molecule has 2 saturated heterocycles. The number of carbonyl (C=O) groups excluding carboxylic acids is 1. The molecule has 2 aromatic carbocycles. The molecule has 5 rings (SSSR count). The van der Waals surface area contributed by atoms with Crippen LogP contribution in [0, 0.1) is 17.2 Å². The second-order valence-corrected chi connectivity index (χ2v) is 11.5. The van der Waals surface area contributed by atoms with Crippen molar-refractivity contribution in [1.29, 1.82) is 5.26 Å². The number of anilines is 1. The standard InChI is InChI=1S/C32H42N4O4/c1-39-31-20-30(9-4-25(31)21-33)40-29-10-5-26(6-11-29)34-32(38)24-2-7-27(8-3-24)36-18-12-23(13-19-36)22-35-16-14-28(37)15-17-35/h2-4,7-9,20,23,26,28-29,37H,5-6,10-19,22H2,1H3,(H,34,38). The highest BCUT2D eigenvalue weighted by molar-refractivity contribution is 5.94. The van der Waals surface area contributed by atoms with Gasteiger partial charge in [-0.15, -0.1) is 0 Å². The molecule has 0 radical (unpaired) electrons. The number of methoxy groups -OCH3 is 1. The fourth-order valence-corrected chi connectivity index (χ4v) is 6.29. The van der Waals surface area contributed by atoms with Crippen LogP contribution in [0.15, 0.2) is 42.5 Å². The first kappa shape index (κ1) is 28.3. The summed E-state index contributed by atoms with van der Waals surface area (Å²) in [7, 11) is 1.55. The van der Waals surface area contributed by atoms with E-state index in [2.05, 4.69) is 33.3 Å². The Morgan fingerprint density at radius 3 is 2.33 bits per heavy atom. The number of piperidine rings is 2. The van der Waals surface area contributed by atoms with Gasteiger partial charge in [-0.1, -0.05) is 0 Å². The molecule has 0 atom stereocenters. The number of hydrogen-bond donors (Lipinski definition) is 2. The predicted octanol–water partition coefficient (Wildman–Crippen LogP) is 4.36. The third kappa shape index (κ3) is 7.26. The van der Waals surface area contributed by atoms with Crippen molar-refractivity contribution in [3.8, 4) is 17.6 Å². The zero-order chi connectivity index (χ0) is 27.9. The van der Waals surface area contributed by atoms with Gasteiger partial charge in [0.05, 0.1) is 24.9 Å². The van der Waals surface area contributed by atoms with Gasteiger partial charge in [-0.2, -0.15) is 5.26 Å². The van der Waals surface area contributed by atoms with E-state index in [1.165, 1.54) is 18.5 Å². The molecule has 2 aromatic rings. The van der Waals surface area contributed by atoms with Crippen LogP contribution in [0.4, 0.5) is 5.69 Å². The highest BCUT2D eigenvalue weighted by Crippen LogP contribution is 2.29. The number of nitriles is 1. The van der Waals surface area contributed by atoms with Crippen molar-refractivity contribution in [2.75, 3.05) is 44.7 Å². The number of aliphatic hydroxyl groups excluding tert-OH is 1. The van der Waals surface area contributed by atoms with Crippen LogP contribution in [0.25, 0.3) is 0 Å². The smallest absolute Gasteiger partial charge is 0.251 e. The summed E-state index contributed by atoms with van der Waals surface area (Å²) in [5, 5.41) is 22.1. The van der Waals surface area contributed by atoms with Crippen LogP contribution in [0.3, 0.4) is 0 Å². The largest absolute Gasteiger partial charge is 0.495 e. The Morgan fingerprint density at radius 1 is 0.975 bits per heavy atom. The Kier molecular flexibility index (Phi) is 9.45. The summed E-state index contributed by atoms with van der Waals surface area (Å²) in [4.78, 5) is 17.9. The summed E-state index contributed by atoms with van der Waals surface area (Å²) in [6, 6.07) is 15.6. The van der Waals surface area contributed by atoms with Gasteiger partial charge >= 0.3 is 0 Å². The van der Waals surface area contributed by atoms with E-state index < -0.39 is 0 Å². The van der Waals surface area contributed by atoms with Gasteiger partial charge < -0.3 is 29.7 Å². The molecule has 2 heterocycles. The number of ether oxygens (including phenoxy) is 2. The van der Waals surface area contributed by atoms with Crippen molar-refractivity contribution >= 4 is 11.6 Å². The Bertz CT molecular complexity index is 1160. The molecular weight excluding hydrogens is 504 g/mol. The van der Waals surface area contributed by atoms with Gasteiger partial charge in [-0.05, 0) is 93.7 Å². The number of likely N-dealkylation sites (tertiary alicyclic amines) is 1. The van der Waals surface area contributed by atoms with E-state index >= 15 is 0 Å². The summed E-state index contributed by atoms with van der Waals surface area (Å²) < 4.78 is 11.4. The van der Waals surface area contributed by atoms with E-state index in [1.807, 2.05) is 18.2 Å². The first-order chi connectivity index (χ1) is 19.5. The van der Waals surface area contributed by atoms with E-state index in [-0.39, 0.29) is 24.2 Å². The lowest BCUT2D eigenvalue weighted by molar-refractivity contribution is 0.0724. The average molecular weight is 547 g/mol. The van der Waals surface area contributed by atoms with Crippen molar-refractivity contribution in [1.82, 2.24) is 10.2 Å². The third-order valence-electron chi connectivity index (χ3n) is 8.79. The molecule has 2 N–H and O–H groups in total. The number of aliphatic hydroxyl groups is 1. The summed E-state index contributed by atoms with van der Waals surface area (Å²) >= 11 is 0. The van der Waals surface area contributed by atoms with Crippen molar-refractivity contribution in [3.05, 3.63) is 53.6 Å². The van der Waals surface area contributed by atoms with Gasteiger partial charge in [-0.25, -0.2) is 0 Å². The van der Waals surface area contributed by atoms with Crippen LogP contribution >= 0.6 is 0 Å². The van der Waals surface area contributed by atoms with Crippen LogP contribution in [0.5, 0.6) is 11.5 Å². The van der Waals surface area contributed by atoms with E-state index in [4.69, 9.17) is 14.7 Å². The topological polar surface area (TPSA) is 98.1 Å². The van der Waals surface area contributed by atoms with Crippen molar-refractivity contribution in [2.24, 2.45) is 5.92 Å². The maximum absolute atomic E-state index is 12.9. The van der Waals surface area contributed by atoms with E-state index in [0.29, 0.717) is 22.6 Å². The zero-order valence-corrected chi connectivity index (χ0v) is 23.6. The van der Waals surface area contributed by atoms with E-state index in [1.54, 1.807) is 19.2 Å². The highest BCUT2D eigenvalue weighted by Gasteiger charge is 2.26. The maximum atomic E-state index is 12.9. The van der Waals surface area contributed by atoms with Crippen LogP contribution in [-0.4, -0.2) is 74.0 Å². The predicted molar refractivity (Wildman–Crippen MR) is 155 cm³/mol. The molecule has 0 aromatic heterocycles. The lowest BCUT2D eigenvalue weighted by atomic mass is 9.92. The summed E-state index contributed by atoms with van der Waals surface area (Å²) in [5.41, 5.74) is 2.38. The molecule has 3 fully saturated rings. The number of nitrogens with zero attached hydrogens (tertiary/aromatic N) is 3. The number of hydrogen-bond acceptors (Lipinski definition) is 7. The lowest BCUT2D eigenvalue weighted by Gasteiger charge is -2.37. The fourth-order valence-electron chi connectivity index (χ4n) is 6.29. The molecule has 0 unspecified atom stereocenters. The lowest BCUT2D eigenvalue weighted by Crippen LogP contribution is -2.42. The van der Waals surface area contributed by atoms with Crippen LogP contribution in [-0.2, 0) is 0 Å². The van der Waals surface area contributed by atoms with Gasteiger partial charge in [0.1, 0.15) is 17.6 Å². The summed E-state index contributed by atoms with van der Waals surface area (Å²) in [6.07, 6.45) is 7.63. The van der Waals surface area contributed by atoms with Crippen LogP contribution in [0.1, 0.15) is 67.3 Å². The highest BCUT2D eigenvalue weighted by atomic mass is 16.5. The van der Waals surface area contributed by atoms with Crippen LogP contribution in [0.2, 0.25) is 0 Å². The minimum Gasteiger partial charge on any atom is -0.495 e. The van der Waals surface area contributed by atoms with Gasteiger partial charge in [0, 0.05) is 56.1 Å². The second-order valence-electron chi connectivity index (χ2n) is 11.5. The fraction of sp³-hybridized carbons (Fsp3) is 0.562. The van der Waals surface area contributed by atoms with E-state index in [0.717, 1.165) is 77.2 Å². The first-order valence-electron chi connectivity index (χ1n) is 14.8. The molecule has 0 spiro atoms. The number of rotatable bonds is 8. The molecule has 1 saturated carbocycles. The number of amides is 1. The van der Waals surface area contributed by atoms with Gasteiger partial charge in [0.25, 0.3) is 5.91 Å². The normalized spacial score (nSPS) is 22.9. The summed E-state index contributed by atoms with van der Waals surface area (Å²) in [5.74, 6) is 1.93. The molecule has 1 aliphatic carbocycles. The molecule has 0 bridgehead atoms. The second kappa shape index (κ2) is 13.4. The van der Waals surface area contributed by atoms with Gasteiger partial charge in [-0.3, -0.25) is 4.79 Å². The maximum Gasteiger partial charge on any atom is 0.251 e. The Balaban J connectivity index is 1.04. The zero-order valence-electron chi connectivity index (χ0n) is 23.6. The third-order valence-corrected chi connectivity index (χ3v) is 8.79. The summed E-state index contributed by atoms with van der Waals surface area (Å²) in [6.45, 7) is 5.29. The average Bonchev–Trinajstić information content (AvgIpc) is 2.99. The van der Waals surface area contributed by atoms with Crippen molar-refractivity contribution in [3.63, 3.8) is 0 Å². The molecule has 1 amide bonds. The quantitative estimate of drug-likeness (QED) is 0.508. The minimum absolute atomic E-state index is 0.0156. The molecular formula is C32H42N4O4. The van der Waals surface area contributed by atoms with Gasteiger partial charge in [0.2, 0.25) is 0 Å². The number of benzene rings is 2. The Morgan fingerprint density at radius 2 is 1.68 bits per heavy atom. The molecule has 40 heavy (non-hydrogen) atoms. The molecule has 8 heteroatoms. The van der Waals surface area contributed by atoms with Crippen LogP contribution < -0.4 is 19.7 Å². The number of nitrogens with one attached hydrogen (secondary N) is 1. The SMILES string of the molecule is COc1cc(OC2CCC(NC(=O)c3ccc(N4CCC(CN5CCC(O)CC5)CC4)cc3)CC2)ccc1C#N. The molecule has 8 nitrogen and oxygen atoms in total. The molecule has 214 valence electrons. The molecule has 3 aliphatic rings. The van der Waals surface area contributed by atoms with Gasteiger partial charge in [0.15, 0.2) is 0 Å². The Hall–Kier alpha value is -3.28. The number of carbonyl (C=O) groups is 1. The first-order valence-corrected chi connectivity index (χ1v) is 14.8. The molecule has 2 aliphatic heterocycles. The monoisotopic (exact) mass is 546 g/mol. The van der Waals surface area contributed by atoms with E-state index in [9.17, 15) is 9.90 Å². The Labute approximate surface area is 237 Å². The van der Waals surface area contributed by atoms with Crippen molar-refractivity contribution < 1.29 is 19.4 Å². The minimum atomic E-state index is -0.107.